The van der Waals surface area contributed by atoms with Crippen molar-refractivity contribution in [2.45, 2.75) is 6.42 Å². The van der Waals surface area contributed by atoms with E-state index in [1.165, 1.54) is 0 Å². The topological polar surface area (TPSA) is 51.1 Å². The molecular formula is C20H21BrN2O3S. The fraction of sp³-hybridized carbons (Fsp3) is 0.300. The van der Waals surface area contributed by atoms with E-state index in [-0.39, 0.29) is 12.3 Å². The minimum absolute atomic E-state index is 0.00672. The molecular weight excluding hydrogens is 428 g/mol. The largest absolute Gasteiger partial charge is 0.493 e. The van der Waals surface area contributed by atoms with Crippen molar-refractivity contribution in [1.29, 1.82) is 0 Å². The molecule has 142 valence electrons. The Morgan fingerprint density at radius 2 is 1.89 bits per heavy atom. The number of methoxy groups -OCH3 is 2. The summed E-state index contributed by atoms with van der Waals surface area (Å²) in [6.45, 7) is 1.00. The number of aliphatic imine (C=N–C) groups is 1. The van der Waals surface area contributed by atoms with Gasteiger partial charge in [0.05, 0.1) is 20.8 Å². The second-order valence-electron chi connectivity index (χ2n) is 5.92. The van der Waals surface area contributed by atoms with Gasteiger partial charge in [0.15, 0.2) is 22.4 Å². The van der Waals surface area contributed by atoms with Crippen LogP contribution in [0.15, 0.2) is 51.9 Å². The van der Waals surface area contributed by atoms with E-state index in [1.807, 2.05) is 29.2 Å². The Balaban J connectivity index is 1.88. The Kier molecular flexibility index (Phi) is 6.79. The van der Waals surface area contributed by atoms with Crippen LogP contribution in [0.4, 0.5) is 5.69 Å². The Hall–Kier alpha value is -1.99. The molecule has 5 nitrogen and oxygen atoms in total. The molecule has 27 heavy (non-hydrogen) atoms. The Morgan fingerprint density at radius 3 is 2.52 bits per heavy atom. The van der Waals surface area contributed by atoms with Crippen molar-refractivity contribution in [1.82, 2.24) is 0 Å². The smallest absolute Gasteiger partial charge is 0.182 e. The zero-order valence-electron chi connectivity index (χ0n) is 15.3. The SMILES string of the molecule is COc1ccc(C(=O)CN(C2=NCCCS2)c2ccc(Br)cc2)cc1OC. The van der Waals surface area contributed by atoms with Crippen LogP contribution in [0.3, 0.4) is 0 Å². The molecule has 0 atom stereocenters. The molecule has 0 bridgehead atoms. The number of thioether (sulfide) groups is 1. The quantitative estimate of drug-likeness (QED) is 0.601. The summed E-state index contributed by atoms with van der Waals surface area (Å²) >= 11 is 5.15. The lowest BCUT2D eigenvalue weighted by Gasteiger charge is -2.27. The van der Waals surface area contributed by atoms with Crippen LogP contribution >= 0.6 is 27.7 Å². The van der Waals surface area contributed by atoms with Gasteiger partial charge in [-0.05, 0) is 48.9 Å². The first kappa shape index (κ1) is 19.8. The first-order valence-corrected chi connectivity index (χ1v) is 10.4. The van der Waals surface area contributed by atoms with Crippen molar-refractivity contribution in [3.8, 4) is 11.5 Å². The van der Waals surface area contributed by atoms with Gasteiger partial charge < -0.3 is 14.4 Å². The highest BCUT2D eigenvalue weighted by molar-refractivity contribution is 9.10. The second kappa shape index (κ2) is 9.28. The summed E-state index contributed by atoms with van der Waals surface area (Å²) in [6, 6.07) is 13.2. The number of ether oxygens (including phenoxy) is 2. The van der Waals surface area contributed by atoms with Gasteiger partial charge in [0, 0.05) is 28.0 Å². The molecule has 0 amide bonds. The van der Waals surface area contributed by atoms with Gasteiger partial charge >= 0.3 is 0 Å². The number of carbonyl (C=O) groups is 1. The van der Waals surface area contributed by atoms with Gasteiger partial charge in [-0.15, -0.1) is 0 Å². The average Bonchev–Trinajstić information content (AvgIpc) is 2.72. The number of Topliss-reactive ketones (excluding diaryl/α,β-unsaturated/α-hetero) is 1. The van der Waals surface area contributed by atoms with Crippen molar-refractivity contribution in [2.75, 3.05) is 38.0 Å². The third-order valence-corrected chi connectivity index (χ3v) is 5.79. The van der Waals surface area contributed by atoms with Crippen LogP contribution in [-0.2, 0) is 0 Å². The normalized spacial score (nSPS) is 13.7. The molecule has 3 rings (SSSR count). The van der Waals surface area contributed by atoms with Crippen molar-refractivity contribution in [3.63, 3.8) is 0 Å². The van der Waals surface area contributed by atoms with Gasteiger partial charge in [0.2, 0.25) is 0 Å². The lowest BCUT2D eigenvalue weighted by molar-refractivity contribution is 0.100. The first-order chi connectivity index (χ1) is 13.1. The van der Waals surface area contributed by atoms with Crippen molar-refractivity contribution in [3.05, 3.63) is 52.5 Å². The monoisotopic (exact) mass is 448 g/mol. The average molecular weight is 449 g/mol. The second-order valence-corrected chi connectivity index (χ2v) is 7.90. The number of nitrogens with zero attached hydrogens (tertiary/aromatic N) is 2. The van der Waals surface area contributed by atoms with Crippen LogP contribution < -0.4 is 14.4 Å². The summed E-state index contributed by atoms with van der Waals surface area (Å²) in [5.74, 6) is 2.15. The van der Waals surface area contributed by atoms with Gasteiger partial charge in [-0.2, -0.15) is 0 Å². The predicted molar refractivity (Wildman–Crippen MR) is 115 cm³/mol. The Bertz CT molecular complexity index is 840. The fourth-order valence-electron chi connectivity index (χ4n) is 2.75. The van der Waals surface area contributed by atoms with Crippen LogP contribution in [0, 0.1) is 0 Å². The first-order valence-electron chi connectivity index (χ1n) is 8.58. The summed E-state index contributed by atoms with van der Waals surface area (Å²) in [5.41, 5.74) is 1.52. The maximum Gasteiger partial charge on any atom is 0.182 e. The number of hydrogen-bond donors (Lipinski definition) is 0. The summed E-state index contributed by atoms with van der Waals surface area (Å²) < 4.78 is 11.6. The van der Waals surface area contributed by atoms with E-state index in [9.17, 15) is 4.79 Å². The molecule has 0 spiro atoms. The molecule has 0 saturated heterocycles. The van der Waals surface area contributed by atoms with Gasteiger partial charge in [-0.1, -0.05) is 27.7 Å². The molecule has 0 radical (unpaired) electrons. The van der Waals surface area contributed by atoms with E-state index in [4.69, 9.17) is 9.47 Å². The Labute approximate surface area is 171 Å². The van der Waals surface area contributed by atoms with E-state index in [1.54, 1.807) is 44.2 Å². The summed E-state index contributed by atoms with van der Waals surface area (Å²) in [4.78, 5) is 19.6. The van der Waals surface area contributed by atoms with Gasteiger partial charge in [0.1, 0.15) is 0 Å². The van der Waals surface area contributed by atoms with Gasteiger partial charge in [-0.25, -0.2) is 0 Å². The summed E-state index contributed by atoms with van der Waals surface area (Å²) in [6.07, 6.45) is 1.06. The minimum Gasteiger partial charge on any atom is -0.493 e. The number of amidine groups is 1. The summed E-state index contributed by atoms with van der Waals surface area (Å²) in [7, 11) is 3.14. The van der Waals surface area contributed by atoms with Gasteiger partial charge in [0.25, 0.3) is 0 Å². The lowest BCUT2D eigenvalue weighted by atomic mass is 10.1. The van der Waals surface area contributed by atoms with Crippen molar-refractivity contribution < 1.29 is 14.3 Å². The van der Waals surface area contributed by atoms with Crippen LogP contribution in [0.2, 0.25) is 0 Å². The lowest BCUT2D eigenvalue weighted by Crippen LogP contribution is -2.35. The van der Waals surface area contributed by atoms with Crippen LogP contribution in [0.1, 0.15) is 16.8 Å². The number of ketones is 1. The molecule has 2 aromatic carbocycles. The fourth-order valence-corrected chi connectivity index (χ4v) is 3.98. The number of anilines is 1. The summed E-state index contributed by atoms with van der Waals surface area (Å²) in [5, 5.41) is 0.886. The molecule has 0 saturated carbocycles. The van der Waals surface area contributed by atoms with E-state index >= 15 is 0 Å². The number of halogens is 1. The number of rotatable bonds is 6. The molecule has 1 aliphatic heterocycles. The van der Waals surface area contributed by atoms with Crippen LogP contribution in [0.25, 0.3) is 0 Å². The van der Waals surface area contributed by atoms with Crippen molar-refractivity contribution >= 4 is 44.3 Å². The maximum absolute atomic E-state index is 13.0. The zero-order chi connectivity index (χ0) is 19.2. The van der Waals surface area contributed by atoms with Crippen LogP contribution in [0.5, 0.6) is 11.5 Å². The highest BCUT2D eigenvalue weighted by Gasteiger charge is 2.21. The molecule has 1 aliphatic rings. The zero-order valence-corrected chi connectivity index (χ0v) is 17.7. The van der Waals surface area contributed by atoms with E-state index < -0.39 is 0 Å². The molecule has 0 N–H and O–H groups in total. The molecule has 0 unspecified atom stereocenters. The molecule has 0 aliphatic carbocycles. The molecule has 1 heterocycles. The number of carbonyl (C=O) groups excluding carboxylic acids is 1. The van der Waals surface area contributed by atoms with Crippen LogP contribution in [-0.4, -0.2) is 44.0 Å². The van der Waals surface area contributed by atoms with E-state index in [0.717, 1.165) is 34.0 Å². The predicted octanol–water partition coefficient (Wildman–Crippen LogP) is 4.65. The molecule has 7 heteroatoms. The molecule has 0 fully saturated rings. The third-order valence-electron chi connectivity index (χ3n) is 4.16. The van der Waals surface area contributed by atoms with Gasteiger partial charge in [-0.3, -0.25) is 9.79 Å². The number of benzene rings is 2. The maximum atomic E-state index is 13.0. The van der Waals surface area contributed by atoms with E-state index in [2.05, 4.69) is 20.9 Å². The van der Waals surface area contributed by atoms with E-state index in [0.29, 0.717) is 17.1 Å². The molecule has 0 aromatic heterocycles. The highest BCUT2D eigenvalue weighted by Crippen LogP contribution is 2.29. The molecule has 2 aromatic rings. The van der Waals surface area contributed by atoms with Crippen molar-refractivity contribution in [2.24, 2.45) is 4.99 Å². The number of hydrogen-bond acceptors (Lipinski definition) is 6. The standard InChI is InChI=1S/C20H21BrN2O3S/c1-25-18-9-4-14(12-19(18)26-2)17(24)13-23(20-22-10-3-11-27-20)16-7-5-15(21)6-8-16/h4-9,12H,3,10-11,13H2,1-2H3. The minimum atomic E-state index is -0.00672. The Morgan fingerprint density at radius 1 is 1.15 bits per heavy atom. The highest BCUT2D eigenvalue weighted by atomic mass is 79.9. The third kappa shape index (κ3) is 4.84.